The largest absolute Gasteiger partial charge is 0.325 e. The fourth-order valence-electron chi connectivity index (χ4n) is 2.85. The van der Waals surface area contributed by atoms with Crippen molar-refractivity contribution in [3.63, 3.8) is 0 Å². The molecule has 2 aromatic rings. The molecule has 29 heavy (non-hydrogen) atoms. The highest BCUT2D eigenvalue weighted by Gasteiger charge is 2.22. The minimum Gasteiger partial charge on any atom is -0.325 e. The van der Waals surface area contributed by atoms with E-state index in [9.17, 15) is 13.2 Å². The molecule has 0 radical (unpaired) electrons. The summed E-state index contributed by atoms with van der Waals surface area (Å²) in [5.74, 6) is -0.346. The van der Waals surface area contributed by atoms with Gasteiger partial charge in [-0.2, -0.15) is 0 Å². The quantitative estimate of drug-likeness (QED) is 0.570. The van der Waals surface area contributed by atoms with Crippen molar-refractivity contribution in [2.45, 2.75) is 56.9 Å². The second-order valence-electron chi connectivity index (χ2n) is 7.43. The van der Waals surface area contributed by atoms with Gasteiger partial charge in [0, 0.05) is 16.9 Å². The standard InChI is InChI=1S/C22H30N2O3S2/c1-7-19(17-9-8-15(4)16(5)12-17)24-29(26,27)18-10-11-21(28-6)20(13-18)23-22(25)14(2)3/h8-14,19,24H,7H2,1-6H3,(H,23,25). The third kappa shape index (κ3) is 5.84. The summed E-state index contributed by atoms with van der Waals surface area (Å²) in [6, 6.07) is 10.5. The lowest BCUT2D eigenvalue weighted by Gasteiger charge is -2.19. The van der Waals surface area contributed by atoms with Crippen LogP contribution in [0, 0.1) is 19.8 Å². The van der Waals surface area contributed by atoms with Crippen molar-refractivity contribution in [3.8, 4) is 0 Å². The third-order valence-electron chi connectivity index (χ3n) is 4.90. The predicted molar refractivity (Wildman–Crippen MR) is 121 cm³/mol. The van der Waals surface area contributed by atoms with E-state index < -0.39 is 10.0 Å². The van der Waals surface area contributed by atoms with Crippen LogP contribution in [0.1, 0.15) is 49.9 Å². The molecule has 0 saturated heterocycles. The molecule has 1 amide bonds. The second kappa shape index (κ2) is 9.78. The molecule has 0 bridgehead atoms. The Morgan fingerprint density at radius 3 is 2.31 bits per heavy atom. The summed E-state index contributed by atoms with van der Waals surface area (Å²) in [5.41, 5.74) is 3.75. The number of anilines is 1. The number of rotatable bonds is 8. The van der Waals surface area contributed by atoms with Gasteiger partial charge in [0.25, 0.3) is 0 Å². The first kappa shape index (κ1) is 23.4. The summed E-state index contributed by atoms with van der Waals surface area (Å²) in [4.78, 5) is 13.1. The molecule has 0 aliphatic rings. The number of thioether (sulfide) groups is 1. The number of benzene rings is 2. The van der Waals surface area contributed by atoms with Crippen LogP contribution in [0.4, 0.5) is 5.69 Å². The molecule has 0 fully saturated rings. The summed E-state index contributed by atoms with van der Waals surface area (Å²) in [6.45, 7) is 9.60. The van der Waals surface area contributed by atoms with Gasteiger partial charge in [-0.05, 0) is 61.4 Å². The molecule has 0 heterocycles. The van der Waals surface area contributed by atoms with Crippen LogP contribution >= 0.6 is 11.8 Å². The lowest BCUT2D eigenvalue weighted by molar-refractivity contribution is -0.118. The van der Waals surface area contributed by atoms with Crippen molar-refractivity contribution in [2.24, 2.45) is 5.92 Å². The number of amides is 1. The smallest absolute Gasteiger partial charge is 0.241 e. The van der Waals surface area contributed by atoms with Gasteiger partial charge < -0.3 is 5.32 Å². The maximum Gasteiger partial charge on any atom is 0.241 e. The number of carbonyl (C=O) groups is 1. The maximum absolute atomic E-state index is 13.1. The molecular formula is C22H30N2O3S2. The Bertz CT molecular complexity index is 986. The van der Waals surface area contributed by atoms with Gasteiger partial charge in [-0.15, -0.1) is 11.8 Å². The molecule has 2 aromatic carbocycles. The highest BCUT2D eigenvalue weighted by molar-refractivity contribution is 7.98. The Kier molecular flexibility index (Phi) is 7.91. The fourth-order valence-corrected chi connectivity index (χ4v) is 4.72. The Morgan fingerprint density at radius 2 is 1.76 bits per heavy atom. The zero-order valence-electron chi connectivity index (χ0n) is 17.9. The molecule has 158 valence electrons. The van der Waals surface area contributed by atoms with Gasteiger partial charge in [-0.25, -0.2) is 13.1 Å². The molecule has 5 nitrogen and oxygen atoms in total. The fraction of sp³-hybridized carbons (Fsp3) is 0.409. The molecule has 1 atom stereocenters. The average Bonchev–Trinajstić information content (AvgIpc) is 2.68. The van der Waals surface area contributed by atoms with Crippen molar-refractivity contribution in [2.75, 3.05) is 11.6 Å². The summed E-state index contributed by atoms with van der Waals surface area (Å²) in [7, 11) is -3.76. The lowest BCUT2D eigenvalue weighted by atomic mass is 10.0. The first-order valence-electron chi connectivity index (χ1n) is 9.67. The number of nitrogens with one attached hydrogen (secondary N) is 2. The van der Waals surface area contributed by atoms with E-state index in [0.29, 0.717) is 12.1 Å². The predicted octanol–water partition coefficient (Wildman–Crippen LogP) is 5.05. The van der Waals surface area contributed by atoms with Gasteiger partial charge in [0.1, 0.15) is 0 Å². The number of hydrogen-bond acceptors (Lipinski definition) is 4. The minimum atomic E-state index is -3.76. The van der Waals surface area contributed by atoms with E-state index in [1.807, 2.05) is 45.2 Å². The van der Waals surface area contributed by atoms with Gasteiger partial charge in [-0.1, -0.05) is 39.0 Å². The van der Waals surface area contributed by atoms with Gasteiger partial charge in [0.15, 0.2) is 0 Å². The topological polar surface area (TPSA) is 75.3 Å². The number of sulfonamides is 1. The molecule has 0 saturated carbocycles. The molecular weight excluding hydrogens is 404 g/mol. The molecule has 7 heteroatoms. The zero-order valence-corrected chi connectivity index (χ0v) is 19.5. The van der Waals surface area contributed by atoms with Crippen molar-refractivity contribution >= 4 is 33.4 Å². The van der Waals surface area contributed by atoms with Crippen LogP contribution in [0.25, 0.3) is 0 Å². The SMILES string of the molecule is CCC(NS(=O)(=O)c1ccc(SC)c(NC(=O)C(C)C)c1)c1ccc(C)c(C)c1. The third-order valence-corrected chi connectivity index (χ3v) is 7.17. The van der Waals surface area contributed by atoms with E-state index in [4.69, 9.17) is 0 Å². The molecule has 0 aliphatic carbocycles. The van der Waals surface area contributed by atoms with Crippen LogP contribution in [0.5, 0.6) is 0 Å². The second-order valence-corrected chi connectivity index (χ2v) is 9.99. The lowest BCUT2D eigenvalue weighted by Crippen LogP contribution is -2.28. The van der Waals surface area contributed by atoms with Crippen LogP contribution in [0.15, 0.2) is 46.2 Å². The van der Waals surface area contributed by atoms with E-state index in [-0.39, 0.29) is 22.8 Å². The number of carbonyl (C=O) groups excluding carboxylic acids is 1. The molecule has 1 unspecified atom stereocenters. The van der Waals surface area contributed by atoms with E-state index in [2.05, 4.69) is 10.0 Å². The first-order valence-corrected chi connectivity index (χ1v) is 12.4. The van der Waals surface area contributed by atoms with Crippen LogP contribution in [-0.4, -0.2) is 20.6 Å². The summed E-state index contributed by atoms with van der Waals surface area (Å²) >= 11 is 1.46. The van der Waals surface area contributed by atoms with Crippen molar-refractivity contribution in [1.82, 2.24) is 4.72 Å². The Morgan fingerprint density at radius 1 is 1.07 bits per heavy atom. The van der Waals surface area contributed by atoms with Crippen molar-refractivity contribution < 1.29 is 13.2 Å². The molecule has 0 aliphatic heterocycles. The highest BCUT2D eigenvalue weighted by atomic mass is 32.2. The number of aryl methyl sites for hydroxylation is 2. The molecule has 0 aromatic heterocycles. The van der Waals surface area contributed by atoms with E-state index in [1.54, 1.807) is 26.0 Å². The minimum absolute atomic E-state index is 0.136. The monoisotopic (exact) mass is 434 g/mol. The van der Waals surface area contributed by atoms with Crippen LogP contribution in [-0.2, 0) is 14.8 Å². The van der Waals surface area contributed by atoms with Gasteiger partial charge in [0.05, 0.1) is 10.6 Å². The van der Waals surface area contributed by atoms with Crippen LogP contribution in [0.3, 0.4) is 0 Å². The van der Waals surface area contributed by atoms with E-state index >= 15 is 0 Å². The molecule has 2 N–H and O–H groups in total. The van der Waals surface area contributed by atoms with Gasteiger partial charge in [0.2, 0.25) is 15.9 Å². The van der Waals surface area contributed by atoms with E-state index in [1.165, 1.54) is 23.4 Å². The Labute approximate surface area is 178 Å². The highest BCUT2D eigenvalue weighted by Crippen LogP contribution is 2.30. The molecule has 2 rings (SSSR count). The number of hydrogen-bond donors (Lipinski definition) is 2. The van der Waals surface area contributed by atoms with Crippen molar-refractivity contribution in [3.05, 3.63) is 53.1 Å². The van der Waals surface area contributed by atoms with Crippen molar-refractivity contribution in [1.29, 1.82) is 0 Å². The first-order chi connectivity index (χ1) is 13.6. The summed E-state index contributed by atoms with van der Waals surface area (Å²) < 4.78 is 29.0. The maximum atomic E-state index is 13.1. The average molecular weight is 435 g/mol. The summed E-state index contributed by atoms with van der Waals surface area (Å²) in [6.07, 6.45) is 2.52. The Balaban J connectivity index is 2.35. The molecule has 0 spiro atoms. The van der Waals surface area contributed by atoms with Gasteiger partial charge >= 0.3 is 0 Å². The van der Waals surface area contributed by atoms with Crippen LogP contribution in [0.2, 0.25) is 0 Å². The zero-order chi connectivity index (χ0) is 21.8. The van der Waals surface area contributed by atoms with E-state index in [0.717, 1.165) is 16.0 Å². The summed E-state index contributed by atoms with van der Waals surface area (Å²) in [5, 5.41) is 2.83. The Hall–Kier alpha value is -1.83. The van der Waals surface area contributed by atoms with Crippen LogP contribution < -0.4 is 10.0 Å². The van der Waals surface area contributed by atoms with Gasteiger partial charge in [-0.3, -0.25) is 4.79 Å². The normalized spacial score (nSPS) is 12.8.